The van der Waals surface area contributed by atoms with Gasteiger partial charge in [-0.25, -0.2) is 0 Å². The van der Waals surface area contributed by atoms with Gasteiger partial charge in [0, 0.05) is 18.4 Å². The number of nitrogens with one attached hydrogen (secondary N) is 1. The van der Waals surface area contributed by atoms with E-state index in [4.69, 9.17) is 0 Å². The van der Waals surface area contributed by atoms with Crippen molar-refractivity contribution in [3.63, 3.8) is 0 Å². The molecule has 0 radical (unpaired) electrons. The fourth-order valence-electron chi connectivity index (χ4n) is 2.72. The number of hydrogen-bond donors (Lipinski definition) is 1. The maximum atomic E-state index is 4.26. The Morgan fingerprint density at radius 2 is 2.33 bits per heavy atom. The van der Waals surface area contributed by atoms with Gasteiger partial charge in [-0.2, -0.15) is 0 Å². The number of fused-ring (bicyclic) bond motifs is 1. The smallest absolute Gasteiger partial charge is 0.0343 e. The molecule has 0 bridgehead atoms. The van der Waals surface area contributed by atoms with Crippen molar-refractivity contribution < 1.29 is 0 Å². The molecular formula is C13H16N2. The first-order chi connectivity index (χ1) is 7.33. The first-order valence-electron chi connectivity index (χ1n) is 5.69. The third-order valence-corrected chi connectivity index (χ3v) is 3.51. The van der Waals surface area contributed by atoms with Crippen molar-refractivity contribution in [3.8, 4) is 0 Å². The van der Waals surface area contributed by atoms with E-state index < -0.39 is 0 Å². The van der Waals surface area contributed by atoms with E-state index in [0.717, 1.165) is 5.92 Å². The quantitative estimate of drug-likeness (QED) is 0.751. The minimum absolute atomic E-state index is 0.625. The van der Waals surface area contributed by atoms with E-state index in [0.29, 0.717) is 6.04 Å². The fraction of sp³-hybridized carbons (Fsp3) is 0.462. The van der Waals surface area contributed by atoms with Gasteiger partial charge in [0.2, 0.25) is 0 Å². The molecular weight excluding hydrogens is 184 g/mol. The predicted octanol–water partition coefficient (Wildman–Crippen LogP) is 2.16. The van der Waals surface area contributed by atoms with Crippen LogP contribution in [0.3, 0.4) is 0 Å². The van der Waals surface area contributed by atoms with Crippen LogP contribution in [0.25, 0.3) is 5.57 Å². The van der Waals surface area contributed by atoms with E-state index in [1.165, 1.54) is 36.1 Å². The van der Waals surface area contributed by atoms with E-state index in [9.17, 15) is 0 Å². The standard InChI is InChI=1S/C13H16N2/c1-9-4-12(8-14-7-9)11-5-10-2-3-15-13(10)6-11/h4,6-8,10,13,15H,2-3,5H2,1H3/t10-,13+/m0/s1. The van der Waals surface area contributed by atoms with Crippen molar-refractivity contribution >= 4 is 5.57 Å². The number of nitrogens with zero attached hydrogens (tertiary/aromatic N) is 1. The first kappa shape index (κ1) is 9.10. The summed E-state index contributed by atoms with van der Waals surface area (Å²) in [5.41, 5.74) is 4.04. The summed E-state index contributed by atoms with van der Waals surface area (Å²) in [4.78, 5) is 4.26. The number of allylic oxidation sites excluding steroid dienone is 1. The lowest BCUT2D eigenvalue weighted by Gasteiger charge is -2.06. The second kappa shape index (κ2) is 3.46. The first-order valence-corrected chi connectivity index (χ1v) is 5.69. The van der Waals surface area contributed by atoms with Crippen molar-refractivity contribution in [3.05, 3.63) is 35.7 Å². The van der Waals surface area contributed by atoms with Crippen LogP contribution < -0.4 is 5.32 Å². The summed E-state index contributed by atoms with van der Waals surface area (Å²) in [6.45, 7) is 3.29. The van der Waals surface area contributed by atoms with Crippen LogP contribution in [0.4, 0.5) is 0 Å². The summed E-state index contributed by atoms with van der Waals surface area (Å²) in [5.74, 6) is 0.834. The summed E-state index contributed by atoms with van der Waals surface area (Å²) in [6.07, 6.45) is 8.85. The Morgan fingerprint density at radius 3 is 3.13 bits per heavy atom. The normalized spacial score (nSPS) is 29.0. The van der Waals surface area contributed by atoms with Gasteiger partial charge < -0.3 is 5.32 Å². The molecule has 3 rings (SSSR count). The van der Waals surface area contributed by atoms with Crippen LogP contribution in [0.1, 0.15) is 24.0 Å². The molecule has 1 aliphatic carbocycles. The molecule has 1 saturated heterocycles. The molecule has 2 nitrogen and oxygen atoms in total. The molecule has 1 aromatic rings. The van der Waals surface area contributed by atoms with Gasteiger partial charge in [-0.3, -0.25) is 4.98 Å². The fourth-order valence-corrected chi connectivity index (χ4v) is 2.72. The Morgan fingerprint density at radius 1 is 1.40 bits per heavy atom. The van der Waals surface area contributed by atoms with Gasteiger partial charge in [0.25, 0.3) is 0 Å². The van der Waals surface area contributed by atoms with E-state index in [1.807, 2.05) is 12.4 Å². The number of hydrogen-bond acceptors (Lipinski definition) is 2. The third kappa shape index (κ3) is 1.59. The van der Waals surface area contributed by atoms with Crippen LogP contribution in [-0.4, -0.2) is 17.6 Å². The van der Waals surface area contributed by atoms with E-state index in [2.05, 4.69) is 29.4 Å². The molecule has 78 valence electrons. The molecule has 2 aliphatic rings. The highest BCUT2D eigenvalue weighted by Gasteiger charge is 2.31. The predicted molar refractivity (Wildman–Crippen MR) is 61.5 cm³/mol. The Hall–Kier alpha value is -1.15. The van der Waals surface area contributed by atoms with Gasteiger partial charge in [0.1, 0.15) is 0 Å². The van der Waals surface area contributed by atoms with Crippen LogP contribution >= 0.6 is 0 Å². The average molecular weight is 200 g/mol. The van der Waals surface area contributed by atoms with Gasteiger partial charge in [0.05, 0.1) is 0 Å². The second-order valence-electron chi connectivity index (χ2n) is 4.68. The lowest BCUT2D eigenvalue weighted by atomic mass is 9.99. The molecule has 0 spiro atoms. The lowest BCUT2D eigenvalue weighted by molar-refractivity contribution is 0.553. The number of aryl methyl sites for hydroxylation is 1. The molecule has 0 saturated carbocycles. The molecule has 1 aromatic heterocycles. The number of rotatable bonds is 1. The minimum Gasteiger partial charge on any atom is -0.310 e. The Labute approximate surface area is 90.4 Å². The van der Waals surface area contributed by atoms with Crippen molar-refractivity contribution in [2.45, 2.75) is 25.8 Å². The zero-order valence-corrected chi connectivity index (χ0v) is 9.03. The highest BCUT2D eigenvalue weighted by Crippen LogP contribution is 2.36. The largest absolute Gasteiger partial charge is 0.310 e. The maximum Gasteiger partial charge on any atom is 0.0343 e. The van der Waals surface area contributed by atoms with Gasteiger partial charge in [-0.05, 0) is 55.0 Å². The molecule has 2 atom stereocenters. The number of pyridine rings is 1. The van der Waals surface area contributed by atoms with Gasteiger partial charge in [-0.1, -0.05) is 6.08 Å². The van der Waals surface area contributed by atoms with E-state index in [-0.39, 0.29) is 0 Å². The Bertz CT molecular complexity index is 409. The zero-order chi connectivity index (χ0) is 10.3. The average Bonchev–Trinajstić information content (AvgIpc) is 2.76. The second-order valence-corrected chi connectivity index (χ2v) is 4.68. The molecule has 1 fully saturated rings. The SMILES string of the molecule is Cc1cncc(C2=C[C@H]3NCC[C@H]3C2)c1. The molecule has 1 aliphatic heterocycles. The summed E-state index contributed by atoms with van der Waals surface area (Å²) < 4.78 is 0. The molecule has 15 heavy (non-hydrogen) atoms. The van der Waals surface area contributed by atoms with Crippen molar-refractivity contribution in [1.29, 1.82) is 0 Å². The zero-order valence-electron chi connectivity index (χ0n) is 9.03. The van der Waals surface area contributed by atoms with Crippen molar-refractivity contribution in [2.75, 3.05) is 6.54 Å². The molecule has 2 heteroatoms. The van der Waals surface area contributed by atoms with E-state index >= 15 is 0 Å². The van der Waals surface area contributed by atoms with Crippen molar-refractivity contribution in [1.82, 2.24) is 10.3 Å². The van der Waals surface area contributed by atoms with Crippen molar-refractivity contribution in [2.24, 2.45) is 5.92 Å². The summed E-state index contributed by atoms with van der Waals surface area (Å²) in [5, 5.41) is 3.54. The number of aromatic nitrogens is 1. The Kier molecular flexibility index (Phi) is 2.10. The summed E-state index contributed by atoms with van der Waals surface area (Å²) in [7, 11) is 0. The molecule has 0 aromatic carbocycles. The van der Waals surface area contributed by atoms with Gasteiger partial charge in [-0.15, -0.1) is 0 Å². The van der Waals surface area contributed by atoms with E-state index in [1.54, 1.807) is 0 Å². The van der Waals surface area contributed by atoms with Crippen LogP contribution in [0, 0.1) is 12.8 Å². The van der Waals surface area contributed by atoms with Gasteiger partial charge >= 0.3 is 0 Å². The third-order valence-electron chi connectivity index (χ3n) is 3.51. The highest BCUT2D eigenvalue weighted by atomic mass is 15.0. The highest BCUT2D eigenvalue weighted by molar-refractivity contribution is 5.68. The van der Waals surface area contributed by atoms with Crippen LogP contribution in [0.15, 0.2) is 24.5 Å². The maximum absolute atomic E-state index is 4.26. The molecule has 1 N–H and O–H groups in total. The minimum atomic E-state index is 0.625. The van der Waals surface area contributed by atoms with Gasteiger partial charge in [0.15, 0.2) is 0 Å². The monoisotopic (exact) mass is 200 g/mol. The topological polar surface area (TPSA) is 24.9 Å². The van der Waals surface area contributed by atoms with Crippen LogP contribution in [0.5, 0.6) is 0 Å². The Balaban J connectivity index is 1.90. The molecule has 0 amide bonds. The van der Waals surface area contributed by atoms with Crippen LogP contribution in [0.2, 0.25) is 0 Å². The summed E-state index contributed by atoms with van der Waals surface area (Å²) in [6, 6.07) is 2.86. The molecule has 0 unspecified atom stereocenters. The lowest BCUT2D eigenvalue weighted by Crippen LogP contribution is -2.20. The summed E-state index contributed by atoms with van der Waals surface area (Å²) >= 11 is 0. The van der Waals surface area contributed by atoms with Crippen LogP contribution in [-0.2, 0) is 0 Å². The molecule has 2 heterocycles.